The van der Waals surface area contributed by atoms with Crippen molar-refractivity contribution in [1.29, 1.82) is 0 Å². The molecule has 140 valence electrons. The lowest BCUT2D eigenvalue weighted by atomic mass is 10.1. The van der Waals surface area contributed by atoms with Gasteiger partial charge in [-0.05, 0) is 43.5 Å². The van der Waals surface area contributed by atoms with Crippen LogP contribution in [0.15, 0.2) is 36.5 Å². The van der Waals surface area contributed by atoms with Crippen molar-refractivity contribution < 1.29 is 13.2 Å². The summed E-state index contributed by atoms with van der Waals surface area (Å²) in [7, 11) is -2.09. The summed E-state index contributed by atoms with van der Waals surface area (Å²) in [6, 6.07) is 8.84. The van der Waals surface area contributed by atoms with Gasteiger partial charge in [0, 0.05) is 43.8 Å². The van der Waals surface area contributed by atoms with Crippen molar-refractivity contribution in [3.8, 4) is 0 Å². The molecule has 1 aromatic carbocycles. The van der Waals surface area contributed by atoms with E-state index in [2.05, 4.69) is 20.0 Å². The minimum atomic E-state index is -3.80. The van der Waals surface area contributed by atoms with Crippen LogP contribution in [-0.2, 0) is 21.9 Å². The smallest absolute Gasteiger partial charge is 0.242 e. The van der Waals surface area contributed by atoms with Gasteiger partial charge in [-0.15, -0.1) is 0 Å². The quantitative estimate of drug-likeness (QED) is 0.800. The molecule has 0 aliphatic carbocycles. The topological polar surface area (TPSA) is 96.3 Å². The Bertz CT molecular complexity index is 855. The van der Waals surface area contributed by atoms with E-state index in [1.54, 1.807) is 31.4 Å². The second-order valence-electron chi connectivity index (χ2n) is 6.38. The van der Waals surface area contributed by atoms with E-state index in [0.29, 0.717) is 11.5 Å². The third-order valence-corrected chi connectivity index (χ3v) is 5.35. The fraction of sp³-hybridized carbons (Fsp3) is 0.412. The maximum Gasteiger partial charge on any atom is 0.242 e. The zero-order valence-corrected chi connectivity index (χ0v) is 15.5. The van der Waals surface area contributed by atoms with Crippen LogP contribution in [0.5, 0.6) is 0 Å². The Labute approximate surface area is 153 Å². The second kappa shape index (κ2) is 7.77. The molecule has 2 heterocycles. The van der Waals surface area contributed by atoms with Crippen molar-refractivity contribution >= 4 is 33.1 Å². The third-order valence-electron chi connectivity index (χ3n) is 4.16. The van der Waals surface area contributed by atoms with Crippen molar-refractivity contribution in [3.63, 3.8) is 0 Å². The molecule has 0 atom stereocenters. The minimum absolute atomic E-state index is 0.318. The van der Waals surface area contributed by atoms with Crippen LogP contribution in [0.4, 0.5) is 17.2 Å². The Hall–Kier alpha value is -2.55. The lowest BCUT2D eigenvalue weighted by molar-refractivity contribution is -0.113. The van der Waals surface area contributed by atoms with E-state index in [1.807, 2.05) is 12.1 Å². The largest absolute Gasteiger partial charge is 0.372 e. The molecule has 0 bridgehead atoms. The normalized spacial score (nSPS) is 14.9. The number of aromatic nitrogens is 2. The van der Waals surface area contributed by atoms with Crippen LogP contribution < -0.4 is 14.9 Å². The number of carbonyl (C=O) groups is 1. The number of hydrogen-bond acceptors (Lipinski definition) is 5. The van der Waals surface area contributed by atoms with Crippen LogP contribution in [0, 0.1) is 0 Å². The van der Waals surface area contributed by atoms with Crippen molar-refractivity contribution in [3.05, 3.63) is 36.5 Å². The molecule has 0 radical (unpaired) electrons. The Morgan fingerprint density at radius 1 is 1.12 bits per heavy atom. The summed E-state index contributed by atoms with van der Waals surface area (Å²) in [5, 5.41) is 6.44. The molecule has 0 spiro atoms. The summed E-state index contributed by atoms with van der Waals surface area (Å²) in [5.41, 5.74) is 1.52. The summed E-state index contributed by atoms with van der Waals surface area (Å²) >= 11 is 0. The number of hydrogen-bond donors (Lipinski definition) is 2. The Morgan fingerprint density at radius 2 is 1.81 bits per heavy atom. The molecule has 1 aliphatic heterocycles. The molecule has 1 aliphatic rings. The number of nitrogens with one attached hydrogen (secondary N) is 2. The Morgan fingerprint density at radius 3 is 2.42 bits per heavy atom. The van der Waals surface area contributed by atoms with Crippen LogP contribution in [0.1, 0.15) is 19.3 Å². The van der Waals surface area contributed by atoms with Crippen LogP contribution in [-0.4, -0.2) is 42.9 Å². The van der Waals surface area contributed by atoms with Gasteiger partial charge in [0.1, 0.15) is 5.75 Å². The van der Waals surface area contributed by atoms with Gasteiger partial charge in [0.05, 0.1) is 0 Å². The van der Waals surface area contributed by atoms with Gasteiger partial charge in [-0.25, -0.2) is 8.42 Å². The summed E-state index contributed by atoms with van der Waals surface area (Å²) in [6.07, 6.45) is 5.28. The summed E-state index contributed by atoms with van der Waals surface area (Å²) in [6.45, 7) is 2.05. The number of benzene rings is 1. The van der Waals surface area contributed by atoms with E-state index in [4.69, 9.17) is 0 Å². The Balaban J connectivity index is 1.57. The molecule has 2 aromatic rings. The Kier molecular flexibility index (Phi) is 5.46. The van der Waals surface area contributed by atoms with E-state index in [9.17, 15) is 13.2 Å². The fourth-order valence-corrected chi connectivity index (χ4v) is 3.93. The highest BCUT2D eigenvalue weighted by molar-refractivity contribution is 7.93. The second-order valence-corrected chi connectivity index (χ2v) is 8.10. The first kappa shape index (κ1) is 18.2. The lowest BCUT2D eigenvalue weighted by Gasteiger charge is -2.28. The predicted octanol–water partition coefficient (Wildman–Crippen LogP) is 1.79. The highest BCUT2D eigenvalue weighted by Crippen LogP contribution is 2.22. The molecule has 9 heteroatoms. The molecule has 3 rings (SSSR count). The number of sulfonamides is 1. The van der Waals surface area contributed by atoms with Crippen molar-refractivity contribution in [2.75, 3.05) is 33.8 Å². The van der Waals surface area contributed by atoms with E-state index in [-0.39, 0.29) is 0 Å². The number of aryl methyl sites for hydroxylation is 1. The maximum absolute atomic E-state index is 12.2. The van der Waals surface area contributed by atoms with Crippen molar-refractivity contribution in [1.82, 2.24) is 9.78 Å². The van der Waals surface area contributed by atoms with Gasteiger partial charge in [-0.3, -0.25) is 14.2 Å². The third kappa shape index (κ3) is 4.98. The first-order valence-corrected chi connectivity index (χ1v) is 10.2. The van der Waals surface area contributed by atoms with Gasteiger partial charge in [0.15, 0.2) is 5.82 Å². The van der Waals surface area contributed by atoms with Crippen molar-refractivity contribution in [2.45, 2.75) is 19.3 Å². The maximum atomic E-state index is 12.2. The molecule has 8 nitrogen and oxygen atoms in total. The summed E-state index contributed by atoms with van der Waals surface area (Å²) < 4.78 is 28.3. The van der Waals surface area contributed by atoms with Gasteiger partial charge in [-0.1, -0.05) is 0 Å². The average molecular weight is 377 g/mol. The number of amides is 1. The summed E-state index contributed by atoms with van der Waals surface area (Å²) in [5.74, 6) is -0.989. The van der Waals surface area contributed by atoms with E-state index < -0.39 is 21.7 Å². The SMILES string of the molecule is Cn1ccc(NC(=O)CS(=O)(=O)Nc2ccc(N3CCCCC3)cc2)n1. The van der Waals surface area contributed by atoms with Gasteiger partial charge in [0.25, 0.3) is 0 Å². The van der Waals surface area contributed by atoms with E-state index in [0.717, 1.165) is 18.8 Å². The van der Waals surface area contributed by atoms with Gasteiger partial charge >= 0.3 is 0 Å². The lowest BCUT2D eigenvalue weighted by Crippen LogP contribution is -2.29. The molecule has 1 saturated heterocycles. The number of nitrogens with zero attached hydrogens (tertiary/aromatic N) is 3. The molecular weight excluding hydrogens is 354 g/mol. The molecule has 1 aromatic heterocycles. The molecule has 0 unspecified atom stereocenters. The zero-order valence-electron chi connectivity index (χ0n) is 14.7. The van der Waals surface area contributed by atoms with E-state index in [1.165, 1.54) is 23.9 Å². The fourth-order valence-electron chi connectivity index (χ4n) is 2.94. The first-order valence-electron chi connectivity index (χ1n) is 8.56. The van der Waals surface area contributed by atoms with Crippen LogP contribution >= 0.6 is 0 Å². The van der Waals surface area contributed by atoms with Gasteiger partial charge < -0.3 is 10.2 Å². The van der Waals surface area contributed by atoms with Gasteiger partial charge in [0.2, 0.25) is 15.9 Å². The average Bonchev–Trinajstić information content (AvgIpc) is 3.00. The van der Waals surface area contributed by atoms with Gasteiger partial charge in [-0.2, -0.15) is 5.10 Å². The number of anilines is 3. The van der Waals surface area contributed by atoms with Crippen LogP contribution in [0.25, 0.3) is 0 Å². The minimum Gasteiger partial charge on any atom is -0.372 e. The number of carbonyl (C=O) groups excluding carboxylic acids is 1. The zero-order chi connectivity index (χ0) is 18.6. The number of rotatable bonds is 6. The molecule has 0 saturated carbocycles. The molecular formula is C17H23N5O3S. The van der Waals surface area contributed by atoms with Crippen molar-refractivity contribution in [2.24, 2.45) is 7.05 Å². The highest BCUT2D eigenvalue weighted by Gasteiger charge is 2.18. The molecule has 1 fully saturated rings. The van der Waals surface area contributed by atoms with Crippen LogP contribution in [0.2, 0.25) is 0 Å². The monoisotopic (exact) mass is 377 g/mol. The predicted molar refractivity (Wildman–Crippen MR) is 102 cm³/mol. The van der Waals surface area contributed by atoms with Crippen LogP contribution in [0.3, 0.4) is 0 Å². The standard InChI is InChI=1S/C17H23N5O3S/c1-21-12-9-16(19-21)18-17(23)13-26(24,25)20-14-5-7-15(8-6-14)22-10-3-2-4-11-22/h5-9,12,20H,2-4,10-11,13H2,1H3,(H,18,19,23). The summed E-state index contributed by atoms with van der Waals surface area (Å²) in [4.78, 5) is 14.2. The molecule has 26 heavy (non-hydrogen) atoms. The number of piperidine rings is 1. The van der Waals surface area contributed by atoms with E-state index >= 15 is 0 Å². The molecule has 2 N–H and O–H groups in total. The highest BCUT2D eigenvalue weighted by atomic mass is 32.2. The molecule has 1 amide bonds. The first-order chi connectivity index (χ1) is 12.4.